The Hall–Kier alpha value is -0.660. The van der Waals surface area contributed by atoms with Crippen LogP contribution in [0.25, 0.3) is 0 Å². The van der Waals surface area contributed by atoms with E-state index in [-0.39, 0.29) is 24.7 Å². The molecule has 0 aromatic heterocycles. The van der Waals surface area contributed by atoms with Crippen LogP contribution < -0.4 is 4.72 Å². The van der Waals surface area contributed by atoms with E-state index in [0.29, 0.717) is 13.0 Å². The van der Waals surface area contributed by atoms with Gasteiger partial charge in [-0.2, -0.15) is 0 Å². The van der Waals surface area contributed by atoms with Gasteiger partial charge in [-0.3, -0.25) is 4.79 Å². The number of aliphatic hydroxyl groups is 1. The van der Waals surface area contributed by atoms with E-state index in [2.05, 4.69) is 9.46 Å². The van der Waals surface area contributed by atoms with Crippen LogP contribution >= 0.6 is 0 Å². The van der Waals surface area contributed by atoms with Gasteiger partial charge in [0.1, 0.15) is 0 Å². The molecule has 0 spiro atoms. The second-order valence-corrected chi connectivity index (χ2v) is 4.77. The van der Waals surface area contributed by atoms with Crippen LogP contribution in [-0.2, 0) is 19.6 Å². The molecule has 0 aromatic rings. The lowest BCUT2D eigenvalue weighted by Crippen LogP contribution is -2.29. The molecule has 2 N–H and O–H groups in total. The van der Waals surface area contributed by atoms with Gasteiger partial charge < -0.3 is 9.84 Å². The maximum absolute atomic E-state index is 11.0. The van der Waals surface area contributed by atoms with Crippen molar-refractivity contribution in [3.63, 3.8) is 0 Å². The second kappa shape index (κ2) is 7.61. The maximum Gasteiger partial charge on any atom is 0.305 e. The summed E-state index contributed by atoms with van der Waals surface area (Å²) in [6, 6.07) is 0. The molecule has 0 heterocycles. The quantitative estimate of drug-likeness (QED) is 0.429. The molecule has 0 atom stereocenters. The second-order valence-electron chi connectivity index (χ2n) is 2.85. The molecule has 0 unspecified atom stereocenters. The summed E-state index contributed by atoms with van der Waals surface area (Å²) in [5.41, 5.74) is 0. The molecule has 90 valence electrons. The number of aliphatic hydroxyl groups excluding tert-OH is 1. The van der Waals surface area contributed by atoms with Crippen molar-refractivity contribution >= 4 is 16.0 Å². The average molecular weight is 239 g/mol. The lowest BCUT2D eigenvalue weighted by molar-refractivity contribution is -0.143. The van der Waals surface area contributed by atoms with Gasteiger partial charge in [-0.05, 0) is 13.3 Å². The van der Waals surface area contributed by atoms with Gasteiger partial charge in [-0.25, -0.2) is 13.1 Å². The van der Waals surface area contributed by atoms with Gasteiger partial charge in [0.15, 0.2) is 0 Å². The molecule has 0 amide bonds. The summed E-state index contributed by atoms with van der Waals surface area (Å²) in [5.74, 6) is -0.647. The number of ether oxygens (including phenoxy) is 1. The number of esters is 1. The van der Waals surface area contributed by atoms with E-state index in [9.17, 15) is 13.2 Å². The van der Waals surface area contributed by atoms with Crippen LogP contribution in [0.4, 0.5) is 0 Å². The first-order valence-corrected chi connectivity index (χ1v) is 6.41. The summed E-state index contributed by atoms with van der Waals surface area (Å²) in [4.78, 5) is 10.9. The highest BCUT2D eigenvalue weighted by atomic mass is 32.2. The van der Waals surface area contributed by atoms with Gasteiger partial charge in [0.2, 0.25) is 10.0 Å². The predicted molar refractivity (Wildman–Crippen MR) is 54.7 cm³/mol. The molecule has 0 aliphatic rings. The first kappa shape index (κ1) is 14.3. The van der Waals surface area contributed by atoms with Crippen molar-refractivity contribution in [3.8, 4) is 0 Å². The van der Waals surface area contributed by atoms with E-state index in [0.717, 1.165) is 0 Å². The fourth-order valence-electron chi connectivity index (χ4n) is 0.886. The highest BCUT2D eigenvalue weighted by molar-refractivity contribution is 7.89. The SMILES string of the molecule is CCOC(=O)CCCNS(=O)(=O)CCO. The van der Waals surface area contributed by atoms with Crippen LogP contribution in [0.15, 0.2) is 0 Å². The number of carbonyl (C=O) groups is 1. The number of hydrogen-bond donors (Lipinski definition) is 2. The first-order chi connectivity index (χ1) is 7.02. The lowest BCUT2D eigenvalue weighted by atomic mass is 10.3. The molecule has 0 rings (SSSR count). The van der Waals surface area contributed by atoms with Gasteiger partial charge in [0.05, 0.1) is 19.0 Å². The zero-order valence-corrected chi connectivity index (χ0v) is 9.55. The highest BCUT2D eigenvalue weighted by Crippen LogP contribution is 1.92. The van der Waals surface area contributed by atoms with Crippen molar-refractivity contribution in [1.29, 1.82) is 0 Å². The Balaban J connectivity index is 3.58. The smallest absolute Gasteiger partial charge is 0.305 e. The van der Waals surface area contributed by atoms with E-state index in [1.165, 1.54) is 0 Å². The van der Waals surface area contributed by atoms with Crippen molar-refractivity contribution < 1.29 is 23.1 Å². The van der Waals surface area contributed by atoms with Crippen molar-refractivity contribution in [1.82, 2.24) is 4.72 Å². The Morgan fingerprint density at radius 3 is 2.67 bits per heavy atom. The van der Waals surface area contributed by atoms with Crippen molar-refractivity contribution in [2.75, 3.05) is 25.5 Å². The molecule has 0 fully saturated rings. The molecule has 0 saturated heterocycles. The standard InChI is InChI=1S/C8H17NO5S/c1-2-14-8(11)4-3-5-9-15(12,13)7-6-10/h9-10H,2-7H2,1H3. The van der Waals surface area contributed by atoms with Crippen molar-refractivity contribution in [2.45, 2.75) is 19.8 Å². The van der Waals surface area contributed by atoms with Crippen LogP contribution in [0.3, 0.4) is 0 Å². The fourth-order valence-corrected chi connectivity index (χ4v) is 1.73. The van der Waals surface area contributed by atoms with E-state index in [4.69, 9.17) is 5.11 Å². The molecule has 7 heteroatoms. The van der Waals surface area contributed by atoms with Crippen molar-refractivity contribution in [3.05, 3.63) is 0 Å². The number of sulfonamides is 1. The van der Waals surface area contributed by atoms with Gasteiger partial charge >= 0.3 is 5.97 Å². The molecule has 0 aromatic carbocycles. The lowest BCUT2D eigenvalue weighted by Gasteiger charge is -2.04. The molecule has 0 aliphatic carbocycles. The summed E-state index contributed by atoms with van der Waals surface area (Å²) < 4.78 is 29.0. The van der Waals surface area contributed by atoms with E-state index < -0.39 is 16.6 Å². The molecule has 0 saturated carbocycles. The molecule has 0 bridgehead atoms. The van der Waals surface area contributed by atoms with E-state index >= 15 is 0 Å². The zero-order chi connectivity index (χ0) is 11.7. The summed E-state index contributed by atoms with van der Waals surface area (Å²) >= 11 is 0. The van der Waals surface area contributed by atoms with Crippen molar-refractivity contribution in [2.24, 2.45) is 0 Å². The Bertz CT molecular complexity index is 275. The third kappa shape index (κ3) is 8.34. The number of rotatable bonds is 8. The molecular weight excluding hydrogens is 222 g/mol. The van der Waals surface area contributed by atoms with Crippen LogP contribution in [0.5, 0.6) is 0 Å². The van der Waals surface area contributed by atoms with Crippen LogP contribution in [-0.4, -0.2) is 45.0 Å². The largest absolute Gasteiger partial charge is 0.466 e. The Labute approximate surface area is 89.7 Å². The molecule has 6 nitrogen and oxygen atoms in total. The third-order valence-corrected chi connectivity index (χ3v) is 2.91. The van der Waals surface area contributed by atoms with Gasteiger partial charge in [-0.15, -0.1) is 0 Å². The fraction of sp³-hybridized carbons (Fsp3) is 0.875. The summed E-state index contributed by atoms with van der Waals surface area (Å²) in [7, 11) is -3.39. The first-order valence-electron chi connectivity index (χ1n) is 4.75. The van der Waals surface area contributed by atoms with E-state index in [1.807, 2.05) is 0 Å². The Kier molecular flexibility index (Phi) is 7.27. The summed E-state index contributed by atoms with van der Waals surface area (Å²) in [5, 5.41) is 8.42. The third-order valence-electron chi connectivity index (χ3n) is 1.54. The van der Waals surface area contributed by atoms with Gasteiger partial charge in [0, 0.05) is 13.0 Å². The topological polar surface area (TPSA) is 92.7 Å². The average Bonchev–Trinajstić information content (AvgIpc) is 2.13. The minimum absolute atomic E-state index is 0.182. The summed E-state index contributed by atoms with van der Waals surface area (Å²) in [6.07, 6.45) is 0.582. The minimum atomic E-state index is -3.39. The molecular formula is C8H17NO5S. The summed E-state index contributed by atoms with van der Waals surface area (Å²) in [6.45, 7) is 1.81. The van der Waals surface area contributed by atoms with Gasteiger partial charge in [0.25, 0.3) is 0 Å². The van der Waals surface area contributed by atoms with Crippen LogP contribution in [0, 0.1) is 0 Å². The Morgan fingerprint density at radius 2 is 2.13 bits per heavy atom. The van der Waals surface area contributed by atoms with Gasteiger partial charge in [-0.1, -0.05) is 0 Å². The number of carbonyl (C=O) groups excluding carboxylic acids is 1. The predicted octanol–water partition coefficient (Wildman–Crippen LogP) is -0.759. The monoisotopic (exact) mass is 239 g/mol. The van der Waals surface area contributed by atoms with Crippen LogP contribution in [0.2, 0.25) is 0 Å². The molecule has 15 heavy (non-hydrogen) atoms. The number of hydrogen-bond acceptors (Lipinski definition) is 5. The van der Waals surface area contributed by atoms with E-state index in [1.54, 1.807) is 6.92 Å². The molecule has 0 aliphatic heterocycles. The zero-order valence-electron chi connectivity index (χ0n) is 8.73. The van der Waals surface area contributed by atoms with Crippen LogP contribution in [0.1, 0.15) is 19.8 Å². The maximum atomic E-state index is 11.0. The normalized spacial score (nSPS) is 11.3. The number of nitrogens with one attached hydrogen (secondary N) is 1. The minimum Gasteiger partial charge on any atom is -0.466 e. The molecule has 0 radical (unpaired) electrons. The highest BCUT2D eigenvalue weighted by Gasteiger charge is 2.08. The Morgan fingerprint density at radius 1 is 1.47 bits per heavy atom.